The highest BCUT2D eigenvalue weighted by Gasteiger charge is 2.07. The number of likely N-dealkylation sites (N-methyl/N-ethyl adjacent to an activating group) is 1. The molecule has 0 saturated heterocycles. The van der Waals surface area contributed by atoms with E-state index in [9.17, 15) is 9.59 Å². The van der Waals surface area contributed by atoms with Crippen molar-refractivity contribution in [3.8, 4) is 11.5 Å². The molecule has 0 aliphatic carbocycles. The number of methoxy groups -OCH3 is 1. The van der Waals surface area contributed by atoms with E-state index in [0.29, 0.717) is 11.5 Å². The molecular formula is C16H21NO5. The van der Waals surface area contributed by atoms with Crippen LogP contribution in [0.25, 0.3) is 6.08 Å². The number of rotatable bonds is 7. The molecule has 0 fully saturated rings. The third kappa shape index (κ3) is 5.87. The maximum absolute atomic E-state index is 11.5. The third-order valence-electron chi connectivity index (χ3n) is 2.59. The van der Waals surface area contributed by atoms with Crippen LogP contribution in [0.1, 0.15) is 19.4 Å². The first-order valence-corrected chi connectivity index (χ1v) is 6.86. The van der Waals surface area contributed by atoms with Crippen LogP contribution in [0.3, 0.4) is 0 Å². The van der Waals surface area contributed by atoms with Crippen LogP contribution in [-0.2, 0) is 14.3 Å². The van der Waals surface area contributed by atoms with Crippen molar-refractivity contribution in [2.75, 3.05) is 20.8 Å². The number of hydrogen-bond acceptors (Lipinski definition) is 5. The first-order valence-electron chi connectivity index (χ1n) is 6.86. The van der Waals surface area contributed by atoms with Gasteiger partial charge in [0.05, 0.1) is 13.2 Å². The summed E-state index contributed by atoms with van der Waals surface area (Å²) < 4.78 is 15.6. The number of carbonyl (C=O) groups excluding carboxylic acids is 2. The standard InChI is InChI=1S/C16H21NO5/c1-11(2)22-13-7-5-12(9-14(13)20-4)6-8-16(19)21-10-15(18)17-3/h5-9,11H,10H2,1-4H3,(H,17,18)/b8-6+. The van der Waals surface area contributed by atoms with Gasteiger partial charge in [-0.05, 0) is 37.6 Å². The summed E-state index contributed by atoms with van der Waals surface area (Å²) in [5.74, 6) is 0.259. The second kappa shape index (κ2) is 8.71. The summed E-state index contributed by atoms with van der Waals surface area (Å²) >= 11 is 0. The van der Waals surface area contributed by atoms with Crippen molar-refractivity contribution in [2.45, 2.75) is 20.0 Å². The molecule has 0 heterocycles. The van der Waals surface area contributed by atoms with Gasteiger partial charge in [0, 0.05) is 13.1 Å². The second-order valence-corrected chi connectivity index (χ2v) is 4.69. The lowest BCUT2D eigenvalue weighted by atomic mass is 10.2. The van der Waals surface area contributed by atoms with Crippen LogP contribution in [0.2, 0.25) is 0 Å². The summed E-state index contributed by atoms with van der Waals surface area (Å²) in [7, 11) is 3.02. The lowest BCUT2D eigenvalue weighted by Crippen LogP contribution is -2.24. The van der Waals surface area contributed by atoms with E-state index in [-0.39, 0.29) is 18.6 Å². The topological polar surface area (TPSA) is 73.9 Å². The summed E-state index contributed by atoms with van der Waals surface area (Å²) in [5.41, 5.74) is 0.754. The number of benzene rings is 1. The summed E-state index contributed by atoms with van der Waals surface area (Å²) in [6.07, 6.45) is 2.86. The van der Waals surface area contributed by atoms with E-state index >= 15 is 0 Å². The van der Waals surface area contributed by atoms with E-state index in [0.717, 1.165) is 5.56 Å². The van der Waals surface area contributed by atoms with Crippen molar-refractivity contribution in [2.24, 2.45) is 0 Å². The van der Waals surface area contributed by atoms with Crippen molar-refractivity contribution in [1.82, 2.24) is 5.32 Å². The van der Waals surface area contributed by atoms with Gasteiger partial charge in [-0.15, -0.1) is 0 Å². The molecule has 1 aromatic rings. The Morgan fingerprint density at radius 1 is 1.27 bits per heavy atom. The molecule has 22 heavy (non-hydrogen) atoms. The minimum atomic E-state index is -0.593. The Bertz CT molecular complexity index is 551. The van der Waals surface area contributed by atoms with Gasteiger partial charge in [0.15, 0.2) is 18.1 Å². The van der Waals surface area contributed by atoms with Crippen molar-refractivity contribution in [3.05, 3.63) is 29.8 Å². The summed E-state index contributed by atoms with van der Waals surface area (Å²) in [5, 5.41) is 2.36. The SMILES string of the molecule is CNC(=O)COC(=O)/C=C/c1ccc(OC(C)C)c(OC)c1. The predicted octanol–water partition coefficient (Wildman–Crippen LogP) is 1.78. The maximum atomic E-state index is 11.5. The zero-order valence-electron chi connectivity index (χ0n) is 13.2. The van der Waals surface area contributed by atoms with Crippen molar-refractivity contribution in [3.63, 3.8) is 0 Å². The average molecular weight is 307 g/mol. The van der Waals surface area contributed by atoms with Crippen LogP contribution in [0.4, 0.5) is 0 Å². The fourth-order valence-electron chi connectivity index (χ4n) is 1.56. The van der Waals surface area contributed by atoms with E-state index in [1.807, 2.05) is 13.8 Å². The van der Waals surface area contributed by atoms with Gasteiger partial charge in [-0.25, -0.2) is 4.79 Å². The normalized spacial score (nSPS) is 10.6. The highest BCUT2D eigenvalue weighted by molar-refractivity contribution is 5.89. The molecule has 0 aliphatic heterocycles. The fourth-order valence-corrected chi connectivity index (χ4v) is 1.56. The van der Waals surface area contributed by atoms with Crippen molar-refractivity contribution >= 4 is 18.0 Å². The molecule has 6 nitrogen and oxygen atoms in total. The molecule has 1 N–H and O–H groups in total. The molecule has 6 heteroatoms. The lowest BCUT2D eigenvalue weighted by molar-refractivity contribution is -0.143. The van der Waals surface area contributed by atoms with Gasteiger partial charge in [-0.3, -0.25) is 4.79 Å². The van der Waals surface area contributed by atoms with E-state index in [1.165, 1.54) is 13.1 Å². The van der Waals surface area contributed by atoms with E-state index in [4.69, 9.17) is 14.2 Å². The molecule has 0 bridgehead atoms. The lowest BCUT2D eigenvalue weighted by Gasteiger charge is -2.13. The molecule has 0 atom stereocenters. The van der Waals surface area contributed by atoms with Gasteiger partial charge in [0.2, 0.25) is 0 Å². The Kier molecular flexibility index (Phi) is 6.95. The quantitative estimate of drug-likeness (QED) is 0.614. The molecule has 1 rings (SSSR count). The molecule has 120 valence electrons. The van der Waals surface area contributed by atoms with Crippen LogP contribution in [-0.4, -0.2) is 38.7 Å². The number of carbonyl (C=O) groups is 2. The predicted molar refractivity (Wildman–Crippen MR) is 82.8 cm³/mol. The van der Waals surface area contributed by atoms with Crippen LogP contribution in [0.5, 0.6) is 11.5 Å². The van der Waals surface area contributed by atoms with Gasteiger partial charge >= 0.3 is 5.97 Å². The second-order valence-electron chi connectivity index (χ2n) is 4.69. The van der Waals surface area contributed by atoms with Crippen LogP contribution in [0.15, 0.2) is 24.3 Å². The van der Waals surface area contributed by atoms with E-state index in [1.54, 1.807) is 31.4 Å². The Morgan fingerprint density at radius 3 is 2.59 bits per heavy atom. The van der Waals surface area contributed by atoms with Crippen LogP contribution >= 0.6 is 0 Å². The Balaban J connectivity index is 2.71. The minimum absolute atomic E-state index is 0.0370. The summed E-state index contributed by atoms with van der Waals surface area (Å²) in [6.45, 7) is 3.55. The molecular weight excluding hydrogens is 286 g/mol. The van der Waals surface area contributed by atoms with Crippen molar-refractivity contribution < 1.29 is 23.8 Å². The zero-order valence-corrected chi connectivity index (χ0v) is 13.2. The van der Waals surface area contributed by atoms with Gasteiger partial charge < -0.3 is 19.5 Å². The molecule has 0 saturated carbocycles. The smallest absolute Gasteiger partial charge is 0.331 e. The largest absolute Gasteiger partial charge is 0.493 e. The van der Waals surface area contributed by atoms with Crippen LogP contribution < -0.4 is 14.8 Å². The van der Waals surface area contributed by atoms with Gasteiger partial charge in [0.1, 0.15) is 0 Å². The van der Waals surface area contributed by atoms with E-state index in [2.05, 4.69) is 5.32 Å². The highest BCUT2D eigenvalue weighted by atomic mass is 16.5. The Morgan fingerprint density at radius 2 is 2.00 bits per heavy atom. The Hall–Kier alpha value is -2.50. The Labute approximate surface area is 130 Å². The van der Waals surface area contributed by atoms with Crippen molar-refractivity contribution in [1.29, 1.82) is 0 Å². The van der Waals surface area contributed by atoms with Gasteiger partial charge in [-0.1, -0.05) is 6.07 Å². The summed E-state index contributed by atoms with van der Waals surface area (Å²) in [4.78, 5) is 22.4. The van der Waals surface area contributed by atoms with Gasteiger partial charge in [0.25, 0.3) is 5.91 Å². The molecule has 1 amide bonds. The molecule has 0 unspecified atom stereocenters. The number of ether oxygens (including phenoxy) is 3. The summed E-state index contributed by atoms with van der Waals surface area (Å²) in [6, 6.07) is 5.32. The number of amides is 1. The zero-order chi connectivity index (χ0) is 16.5. The highest BCUT2D eigenvalue weighted by Crippen LogP contribution is 2.29. The van der Waals surface area contributed by atoms with E-state index < -0.39 is 5.97 Å². The molecule has 0 aliphatic rings. The molecule has 0 aromatic heterocycles. The first-order chi connectivity index (χ1) is 10.5. The molecule has 1 aromatic carbocycles. The maximum Gasteiger partial charge on any atom is 0.331 e. The molecule has 0 spiro atoms. The minimum Gasteiger partial charge on any atom is -0.493 e. The number of nitrogens with one attached hydrogen (secondary N) is 1. The fraction of sp³-hybridized carbons (Fsp3) is 0.375. The third-order valence-corrected chi connectivity index (χ3v) is 2.59. The average Bonchev–Trinajstić information content (AvgIpc) is 2.50. The number of hydrogen-bond donors (Lipinski definition) is 1. The van der Waals surface area contributed by atoms with Gasteiger partial charge in [-0.2, -0.15) is 0 Å². The van der Waals surface area contributed by atoms with Crippen LogP contribution in [0, 0.1) is 0 Å². The first kappa shape index (κ1) is 17.6. The number of esters is 1. The monoisotopic (exact) mass is 307 g/mol. The molecule has 0 radical (unpaired) electrons.